The zero-order valence-corrected chi connectivity index (χ0v) is 22.6. The van der Waals surface area contributed by atoms with Crippen LogP contribution in [0, 0.1) is 5.92 Å². The molecule has 1 N–H and O–H groups in total. The van der Waals surface area contributed by atoms with Crippen LogP contribution in [0.4, 0.5) is 11.6 Å². The van der Waals surface area contributed by atoms with Crippen molar-refractivity contribution in [3.05, 3.63) is 64.6 Å². The van der Waals surface area contributed by atoms with E-state index < -0.39 is 0 Å². The molecule has 4 bridgehead atoms. The number of halogens is 1. The van der Waals surface area contributed by atoms with Gasteiger partial charge in [0.15, 0.2) is 0 Å². The van der Waals surface area contributed by atoms with E-state index in [1.54, 1.807) is 0 Å². The SMILES string of the molecule is COC(=O)C(C)CN1CCCCCCc2ccccc2-c2nc(ccc2Br)NSc2cccc1n2. The summed E-state index contributed by atoms with van der Waals surface area (Å²) in [6.07, 6.45) is 5.45. The standard InChI is InChI=1S/C27H31BrN4O2S/c1-19(27(33)34-2)18-32-17-8-4-3-5-10-20-11-6-7-12-21(20)26-22(28)15-16-23(29-26)31-35-25-14-9-13-24(32)30-25/h6-7,9,11-16,19H,3-5,8,10,17-18H2,1-2H3,(H,29,31). The first-order valence-electron chi connectivity index (χ1n) is 12.0. The van der Waals surface area contributed by atoms with Gasteiger partial charge in [-0.2, -0.15) is 0 Å². The minimum atomic E-state index is -0.229. The molecule has 0 saturated heterocycles. The average molecular weight is 556 g/mol. The molecule has 8 heteroatoms. The fourth-order valence-electron chi connectivity index (χ4n) is 4.28. The molecule has 1 aliphatic heterocycles. The Balaban J connectivity index is 1.63. The second-order valence-corrected chi connectivity index (χ2v) is 10.4. The number of hydrogen-bond donors (Lipinski definition) is 1. The minimum Gasteiger partial charge on any atom is -0.469 e. The molecule has 1 unspecified atom stereocenters. The highest BCUT2D eigenvalue weighted by molar-refractivity contribution is 9.10. The smallest absolute Gasteiger partial charge is 0.310 e. The number of nitrogens with one attached hydrogen (secondary N) is 1. The Bertz CT molecular complexity index is 1160. The minimum absolute atomic E-state index is 0.198. The van der Waals surface area contributed by atoms with E-state index in [1.807, 2.05) is 37.3 Å². The zero-order valence-electron chi connectivity index (χ0n) is 20.2. The van der Waals surface area contributed by atoms with Gasteiger partial charge in [-0.15, -0.1) is 0 Å². The lowest BCUT2D eigenvalue weighted by Gasteiger charge is -2.26. The van der Waals surface area contributed by atoms with Crippen LogP contribution in [0.25, 0.3) is 11.3 Å². The summed E-state index contributed by atoms with van der Waals surface area (Å²) in [4.78, 5) is 24.1. The third-order valence-electron chi connectivity index (χ3n) is 6.13. The van der Waals surface area contributed by atoms with Crippen LogP contribution in [-0.2, 0) is 16.0 Å². The van der Waals surface area contributed by atoms with Gasteiger partial charge in [-0.1, -0.05) is 50.1 Å². The maximum absolute atomic E-state index is 12.1. The number of rotatable bonds is 3. The van der Waals surface area contributed by atoms with Crippen molar-refractivity contribution in [2.24, 2.45) is 5.92 Å². The molecule has 3 aromatic rings. The topological polar surface area (TPSA) is 67.3 Å². The summed E-state index contributed by atoms with van der Waals surface area (Å²) < 4.78 is 9.30. The first kappa shape index (κ1) is 25.5. The van der Waals surface area contributed by atoms with E-state index in [2.05, 4.69) is 49.8 Å². The second kappa shape index (κ2) is 12.4. The van der Waals surface area contributed by atoms with Gasteiger partial charge in [0.25, 0.3) is 0 Å². The van der Waals surface area contributed by atoms with Crippen LogP contribution < -0.4 is 9.62 Å². The van der Waals surface area contributed by atoms with Crippen LogP contribution in [-0.4, -0.2) is 36.1 Å². The molecule has 1 aliphatic rings. The highest BCUT2D eigenvalue weighted by Crippen LogP contribution is 2.32. The lowest BCUT2D eigenvalue weighted by Crippen LogP contribution is -2.34. The number of anilines is 2. The van der Waals surface area contributed by atoms with Crippen molar-refractivity contribution in [3.63, 3.8) is 0 Å². The average Bonchev–Trinajstić information content (AvgIpc) is 2.89. The molecule has 1 atom stereocenters. The van der Waals surface area contributed by atoms with Gasteiger partial charge < -0.3 is 14.4 Å². The number of hydrogen-bond acceptors (Lipinski definition) is 7. The molecule has 184 valence electrons. The molecule has 0 spiro atoms. The number of aromatic nitrogens is 2. The van der Waals surface area contributed by atoms with Crippen molar-refractivity contribution in [2.75, 3.05) is 29.8 Å². The number of carbonyl (C=O) groups excluding carboxylic acids is 1. The molecule has 4 rings (SSSR count). The van der Waals surface area contributed by atoms with Crippen molar-refractivity contribution in [1.29, 1.82) is 0 Å². The zero-order chi connectivity index (χ0) is 24.6. The molecular formula is C27H31BrN4O2S. The van der Waals surface area contributed by atoms with E-state index >= 15 is 0 Å². The number of pyridine rings is 2. The predicted molar refractivity (Wildman–Crippen MR) is 147 cm³/mol. The van der Waals surface area contributed by atoms with Crippen molar-refractivity contribution >= 4 is 45.5 Å². The molecular weight excluding hydrogens is 524 g/mol. The van der Waals surface area contributed by atoms with Gasteiger partial charge in [-0.3, -0.25) is 4.79 Å². The van der Waals surface area contributed by atoms with Crippen molar-refractivity contribution < 1.29 is 9.53 Å². The van der Waals surface area contributed by atoms with Crippen LogP contribution in [0.15, 0.2) is 64.1 Å². The third kappa shape index (κ3) is 6.76. The van der Waals surface area contributed by atoms with Gasteiger partial charge in [-0.05, 0) is 65.0 Å². The summed E-state index contributed by atoms with van der Waals surface area (Å²) in [6.45, 7) is 3.33. The summed E-state index contributed by atoms with van der Waals surface area (Å²) in [6, 6.07) is 18.5. The Morgan fingerprint density at radius 1 is 1.09 bits per heavy atom. The number of benzene rings is 1. The summed E-state index contributed by atoms with van der Waals surface area (Å²) in [5, 5.41) is 0.842. The van der Waals surface area contributed by atoms with E-state index in [-0.39, 0.29) is 11.9 Å². The molecule has 2 aromatic heterocycles. The number of ether oxygens (including phenoxy) is 1. The van der Waals surface area contributed by atoms with Gasteiger partial charge >= 0.3 is 5.97 Å². The van der Waals surface area contributed by atoms with Gasteiger partial charge in [0.2, 0.25) is 0 Å². The molecule has 0 saturated carbocycles. The van der Waals surface area contributed by atoms with Crippen molar-refractivity contribution in [2.45, 2.75) is 44.1 Å². The number of fused-ring (bicyclic) bond motifs is 6. The Morgan fingerprint density at radius 3 is 2.77 bits per heavy atom. The quantitative estimate of drug-likeness (QED) is 0.283. The van der Waals surface area contributed by atoms with Crippen LogP contribution in [0.1, 0.15) is 38.2 Å². The van der Waals surface area contributed by atoms with Gasteiger partial charge in [-0.25, -0.2) is 9.97 Å². The van der Waals surface area contributed by atoms with E-state index in [4.69, 9.17) is 14.7 Å². The van der Waals surface area contributed by atoms with E-state index in [1.165, 1.54) is 30.2 Å². The lowest BCUT2D eigenvalue weighted by molar-refractivity contribution is -0.144. The van der Waals surface area contributed by atoms with Crippen LogP contribution in [0.5, 0.6) is 0 Å². The summed E-state index contributed by atoms with van der Waals surface area (Å²) in [5.74, 6) is 1.22. The number of methoxy groups -OCH3 is 1. The van der Waals surface area contributed by atoms with E-state index in [9.17, 15) is 4.79 Å². The van der Waals surface area contributed by atoms with E-state index in [0.29, 0.717) is 6.54 Å². The highest BCUT2D eigenvalue weighted by Gasteiger charge is 2.19. The predicted octanol–water partition coefficient (Wildman–Crippen LogP) is 6.76. The largest absolute Gasteiger partial charge is 0.469 e. The molecule has 6 nitrogen and oxygen atoms in total. The summed E-state index contributed by atoms with van der Waals surface area (Å²) in [5.41, 5.74) is 3.43. The van der Waals surface area contributed by atoms with Gasteiger partial charge in [0, 0.05) is 35.1 Å². The number of carbonyl (C=O) groups is 1. The van der Waals surface area contributed by atoms with Crippen LogP contribution in [0.2, 0.25) is 0 Å². The molecule has 0 aliphatic carbocycles. The monoisotopic (exact) mass is 554 g/mol. The summed E-state index contributed by atoms with van der Waals surface area (Å²) >= 11 is 5.14. The molecule has 0 amide bonds. The fourth-order valence-corrected chi connectivity index (χ4v) is 5.32. The number of aryl methyl sites for hydroxylation is 1. The van der Waals surface area contributed by atoms with E-state index in [0.717, 1.165) is 65.5 Å². The van der Waals surface area contributed by atoms with Crippen LogP contribution in [0.3, 0.4) is 0 Å². The maximum Gasteiger partial charge on any atom is 0.310 e. The number of esters is 1. The summed E-state index contributed by atoms with van der Waals surface area (Å²) in [7, 11) is 1.44. The van der Waals surface area contributed by atoms with Gasteiger partial charge in [0.05, 0.1) is 18.7 Å². The Kier molecular flexibility index (Phi) is 9.04. The Hall–Kier alpha value is -2.58. The molecule has 35 heavy (non-hydrogen) atoms. The third-order valence-corrected chi connectivity index (χ3v) is 7.52. The highest BCUT2D eigenvalue weighted by atomic mass is 79.9. The normalized spacial score (nSPS) is 15.3. The van der Waals surface area contributed by atoms with Gasteiger partial charge in [0.1, 0.15) is 16.7 Å². The molecule has 1 aromatic carbocycles. The molecule has 3 heterocycles. The molecule has 0 radical (unpaired) electrons. The first-order chi connectivity index (χ1) is 17.0. The maximum atomic E-state index is 12.1. The lowest BCUT2D eigenvalue weighted by atomic mass is 9.98. The second-order valence-electron chi connectivity index (χ2n) is 8.76. The van der Waals surface area contributed by atoms with Crippen molar-refractivity contribution in [1.82, 2.24) is 9.97 Å². The molecule has 0 fully saturated rings. The van der Waals surface area contributed by atoms with Crippen molar-refractivity contribution in [3.8, 4) is 11.3 Å². The Morgan fingerprint density at radius 2 is 1.91 bits per heavy atom. The first-order valence-corrected chi connectivity index (χ1v) is 13.6. The number of nitrogens with zero attached hydrogens (tertiary/aromatic N) is 3. The Labute approximate surface area is 220 Å². The fraction of sp³-hybridized carbons (Fsp3) is 0.370. The van der Waals surface area contributed by atoms with Crippen LogP contribution >= 0.6 is 27.9 Å².